The van der Waals surface area contributed by atoms with Gasteiger partial charge in [-0.3, -0.25) is 4.79 Å². The molecule has 1 aromatic rings. The minimum absolute atomic E-state index is 0.0215. The number of aryl methyl sites for hydroxylation is 1. The third kappa shape index (κ3) is 3.69. The fraction of sp³-hybridized carbons (Fsp3) is 0.600. The summed E-state index contributed by atoms with van der Waals surface area (Å²) in [4.78, 5) is 16.7. The maximum atomic E-state index is 12.2. The van der Waals surface area contributed by atoms with E-state index in [-0.39, 0.29) is 5.91 Å². The Morgan fingerprint density at radius 1 is 1.42 bits per heavy atom. The van der Waals surface area contributed by atoms with E-state index in [1.54, 1.807) is 0 Å². The van der Waals surface area contributed by atoms with Crippen molar-refractivity contribution in [3.63, 3.8) is 0 Å². The summed E-state index contributed by atoms with van der Waals surface area (Å²) in [5.74, 6) is 1.44. The molecule has 19 heavy (non-hydrogen) atoms. The molecule has 1 aliphatic rings. The van der Waals surface area contributed by atoms with Crippen molar-refractivity contribution in [1.29, 1.82) is 0 Å². The molecule has 2 N–H and O–H groups in total. The van der Waals surface area contributed by atoms with E-state index in [1.807, 2.05) is 19.1 Å². The van der Waals surface area contributed by atoms with E-state index in [0.29, 0.717) is 17.5 Å². The molecule has 0 radical (unpaired) electrons. The molecule has 1 amide bonds. The van der Waals surface area contributed by atoms with Gasteiger partial charge in [-0.25, -0.2) is 4.98 Å². The van der Waals surface area contributed by atoms with E-state index >= 15 is 0 Å². The number of hydrogen-bond acceptors (Lipinski definition) is 3. The van der Waals surface area contributed by atoms with Crippen LogP contribution in [0.15, 0.2) is 12.1 Å². The van der Waals surface area contributed by atoms with Gasteiger partial charge in [-0.15, -0.1) is 0 Å². The van der Waals surface area contributed by atoms with E-state index in [0.717, 1.165) is 37.3 Å². The first-order valence-electron chi connectivity index (χ1n) is 7.19. The van der Waals surface area contributed by atoms with Crippen molar-refractivity contribution in [1.82, 2.24) is 10.3 Å². The SMILES string of the molecule is CCCc1cc(C(=O)NC2CC2C)cc(NCC)n1. The van der Waals surface area contributed by atoms with Crippen molar-refractivity contribution in [3.8, 4) is 0 Å². The third-order valence-electron chi connectivity index (χ3n) is 3.43. The van der Waals surface area contributed by atoms with Crippen LogP contribution in [0, 0.1) is 5.92 Å². The summed E-state index contributed by atoms with van der Waals surface area (Å²) >= 11 is 0. The van der Waals surface area contributed by atoms with Crippen LogP contribution in [0.4, 0.5) is 5.82 Å². The molecule has 0 spiro atoms. The molecule has 4 heteroatoms. The molecule has 2 rings (SSSR count). The van der Waals surface area contributed by atoms with Gasteiger partial charge in [-0.05, 0) is 37.8 Å². The number of carbonyl (C=O) groups is 1. The summed E-state index contributed by atoms with van der Waals surface area (Å²) in [6.45, 7) is 7.11. The highest BCUT2D eigenvalue weighted by molar-refractivity contribution is 5.95. The highest BCUT2D eigenvalue weighted by Gasteiger charge is 2.34. The van der Waals surface area contributed by atoms with Crippen LogP contribution in [0.2, 0.25) is 0 Å². The van der Waals surface area contributed by atoms with Crippen LogP contribution in [-0.2, 0) is 6.42 Å². The summed E-state index contributed by atoms with van der Waals surface area (Å²) in [6.07, 6.45) is 3.03. The zero-order valence-electron chi connectivity index (χ0n) is 12.0. The van der Waals surface area contributed by atoms with Crippen LogP contribution < -0.4 is 10.6 Å². The van der Waals surface area contributed by atoms with Gasteiger partial charge in [0.1, 0.15) is 5.82 Å². The van der Waals surface area contributed by atoms with Crippen molar-refractivity contribution in [2.45, 2.75) is 46.1 Å². The smallest absolute Gasteiger partial charge is 0.251 e. The number of hydrogen-bond donors (Lipinski definition) is 2. The number of carbonyl (C=O) groups excluding carboxylic acids is 1. The van der Waals surface area contributed by atoms with Crippen molar-refractivity contribution in [2.75, 3.05) is 11.9 Å². The highest BCUT2D eigenvalue weighted by atomic mass is 16.1. The van der Waals surface area contributed by atoms with Gasteiger partial charge in [0.05, 0.1) is 0 Å². The monoisotopic (exact) mass is 261 g/mol. The largest absolute Gasteiger partial charge is 0.370 e. The number of nitrogens with one attached hydrogen (secondary N) is 2. The fourth-order valence-corrected chi connectivity index (χ4v) is 2.15. The zero-order chi connectivity index (χ0) is 13.8. The molecule has 1 fully saturated rings. The molecule has 1 saturated carbocycles. The van der Waals surface area contributed by atoms with Gasteiger partial charge in [-0.1, -0.05) is 20.3 Å². The molecule has 1 aliphatic carbocycles. The van der Waals surface area contributed by atoms with Crippen LogP contribution in [0.5, 0.6) is 0 Å². The average molecular weight is 261 g/mol. The van der Waals surface area contributed by atoms with E-state index in [9.17, 15) is 4.79 Å². The van der Waals surface area contributed by atoms with Gasteiger partial charge in [0.15, 0.2) is 0 Å². The maximum Gasteiger partial charge on any atom is 0.251 e. The molecule has 0 bridgehead atoms. The molecule has 0 saturated heterocycles. The Labute approximate surface area is 115 Å². The summed E-state index contributed by atoms with van der Waals surface area (Å²) in [5.41, 5.74) is 1.70. The normalized spacial score (nSPS) is 21.0. The van der Waals surface area contributed by atoms with E-state index in [4.69, 9.17) is 0 Å². The minimum Gasteiger partial charge on any atom is -0.370 e. The highest BCUT2D eigenvalue weighted by Crippen LogP contribution is 2.29. The topological polar surface area (TPSA) is 54.0 Å². The molecule has 2 atom stereocenters. The third-order valence-corrected chi connectivity index (χ3v) is 3.43. The second-order valence-corrected chi connectivity index (χ2v) is 5.31. The molecule has 2 unspecified atom stereocenters. The Kier molecular flexibility index (Phi) is 4.40. The van der Waals surface area contributed by atoms with Crippen LogP contribution in [0.1, 0.15) is 49.7 Å². The van der Waals surface area contributed by atoms with Crippen molar-refractivity contribution in [2.24, 2.45) is 5.92 Å². The summed E-state index contributed by atoms with van der Waals surface area (Å²) < 4.78 is 0. The molecule has 0 aliphatic heterocycles. The van der Waals surface area contributed by atoms with Crippen LogP contribution in [0.3, 0.4) is 0 Å². The second kappa shape index (κ2) is 6.04. The first kappa shape index (κ1) is 13.8. The number of amides is 1. The van der Waals surface area contributed by atoms with Gasteiger partial charge in [0.25, 0.3) is 5.91 Å². The van der Waals surface area contributed by atoms with Crippen molar-refractivity contribution in [3.05, 3.63) is 23.4 Å². The lowest BCUT2D eigenvalue weighted by atomic mass is 10.1. The first-order valence-corrected chi connectivity index (χ1v) is 7.19. The predicted octanol–water partition coefficient (Wildman–Crippen LogP) is 2.60. The lowest BCUT2D eigenvalue weighted by Crippen LogP contribution is -2.27. The quantitative estimate of drug-likeness (QED) is 0.827. The summed E-state index contributed by atoms with van der Waals surface area (Å²) in [7, 11) is 0. The second-order valence-electron chi connectivity index (χ2n) is 5.31. The van der Waals surface area contributed by atoms with E-state index in [2.05, 4.69) is 29.5 Å². The predicted molar refractivity (Wildman–Crippen MR) is 77.4 cm³/mol. The van der Waals surface area contributed by atoms with E-state index < -0.39 is 0 Å². The zero-order valence-corrected chi connectivity index (χ0v) is 12.0. The Hall–Kier alpha value is -1.58. The molecule has 104 valence electrons. The molecule has 0 aromatic carbocycles. The number of anilines is 1. The Bertz CT molecular complexity index is 434. The van der Waals surface area contributed by atoms with Gasteiger partial charge >= 0.3 is 0 Å². The minimum atomic E-state index is 0.0215. The van der Waals surface area contributed by atoms with Crippen LogP contribution in [-0.4, -0.2) is 23.5 Å². The number of rotatable bonds is 6. The van der Waals surface area contributed by atoms with E-state index in [1.165, 1.54) is 0 Å². The lowest BCUT2D eigenvalue weighted by molar-refractivity contribution is 0.0949. The molecule has 1 aromatic heterocycles. The molecule has 1 heterocycles. The Balaban J connectivity index is 2.14. The fourth-order valence-electron chi connectivity index (χ4n) is 2.15. The number of pyridine rings is 1. The van der Waals surface area contributed by atoms with Gasteiger partial charge in [0, 0.05) is 23.8 Å². The Morgan fingerprint density at radius 3 is 2.74 bits per heavy atom. The average Bonchev–Trinajstić information content (AvgIpc) is 3.05. The van der Waals surface area contributed by atoms with Crippen molar-refractivity contribution < 1.29 is 4.79 Å². The lowest BCUT2D eigenvalue weighted by Gasteiger charge is -2.10. The van der Waals surface area contributed by atoms with Gasteiger partial charge < -0.3 is 10.6 Å². The molecule has 4 nitrogen and oxygen atoms in total. The summed E-state index contributed by atoms with van der Waals surface area (Å²) in [6, 6.07) is 4.11. The number of nitrogens with zero attached hydrogens (tertiary/aromatic N) is 1. The van der Waals surface area contributed by atoms with Crippen molar-refractivity contribution >= 4 is 11.7 Å². The summed E-state index contributed by atoms with van der Waals surface area (Å²) in [5, 5.41) is 6.25. The van der Waals surface area contributed by atoms with Gasteiger partial charge in [-0.2, -0.15) is 0 Å². The Morgan fingerprint density at radius 2 is 2.16 bits per heavy atom. The van der Waals surface area contributed by atoms with Gasteiger partial charge in [0.2, 0.25) is 0 Å². The van der Waals surface area contributed by atoms with Crippen LogP contribution in [0.25, 0.3) is 0 Å². The standard InChI is InChI=1S/C15H23N3O/c1-4-6-12-8-11(9-14(17-12)16-5-2)15(19)18-13-7-10(13)3/h8-10,13H,4-7H2,1-3H3,(H,16,17)(H,18,19). The maximum absolute atomic E-state index is 12.2. The molecular formula is C15H23N3O. The first-order chi connectivity index (χ1) is 9.13. The molecular weight excluding hydrogens is 238 g/mol. The number of aromatic nitrogens is 1. The van der Waals surface area contributed by atoms with Crippen LogP contribution >= 0.6 is 0 Å².